The topological polar surface area (TPSA) is 134 Å². The number of nitrogens with zero attached hydrogens (tertiary/aromatic N) is 5. The van der Waals surface area contributed by atoms with E-state index in [1.807, 2.05) is 55.1 Å². The van der Waals surface area contributed by atoms with Crippen molar-refractivity contribution < 1.29 is 23.8 Å². The molecule has 1 aliphatic rings. The number of amides is 2. The van der Waals surface area contributed by atoms with Crippen molar-refractivity contribution in [2.24, 2.45) is 0 Å². The molecule has 0 aliphatic carbocycles. The molecule has 4 aromatic rings. The number of rotatable bonds is 9. The van der Waals surface area contributed by atoms with Crippen LogP contribution in [-0.2, 0) is 0 Å². The highest BCUT2D eigenvalue weighted by Crippen LogP contribution is 2.37. The summed E-state index contributed by atoms with van der Waals surface area (Å²) < 4.78 is 10.9. The van der Waals surface area contributed by atoms with Crippen LogP contribution in [0.1, 0.15) is 33.4 Å². The number of hydrogen-bond donors (Lipinski definition) is 1. The van der Waals surface area contributed by atoms with Gasteiger partial charge in [0.1, 0.15) is 28.5 Å². The number of anilines is 3. The van der Waals surface area contributed by atoms with Gasteiger partial charge in [0.25, 0.3) is 17.5 Å². The highest BCUT2D eigenvalue weighted by molar-refractivity contribution is 6.33. The second kappa shape index (κ2) is 13.3. The van der Waals surface area contributed by atoms with Gasteiger partial charge in [-0.15, -0.1) is 0 Å². The van der Waals surface area contributed by atoms with Crippen LogP contribution in [0.25, 0.3) is 11.3 Å². The molecule has 234 valence electrons. The molecule has 0 unspecified atom stereocenters. The Balaban J connectivity index is 1.32. The number of halogens is 1. The molecular weight excluding hydrogens is 600 g/mol. The van der Waals surface area contributed by atoms with Gasteiger partial charge in [0, 0.05) is 63.2 Å². The van der Waals surface area contributed by atoms with Gasteiger partial charge in [-0.3, -0.25) is 19.7 Å². The molecule has 13 heteroatoms. The lowest BCUT2D eigenvalue weighted by Crippen LogP contribution is -2.49. The second-order valence-electron chi connectivity index (χ2n) is 10.7. The average Bonchev–Trinajstić information content (AvgIpc) is 3.42. The van der Waals surface area contributed by atoms with Crippen LogP contribution in [0.4, 0.5) is 22.7 Å². The number of nitro groups is 1. The summed E-state index contributed by atoms with van der Waals surface area (Å²) in [6.07, 6.45) is 0. The lowest BCUT2D eigenvalue weighted by atomic mass is 10.0. The van der Waals surface area contributed by atoms with Crippen molar-refractivity contribution in [3.8, 4) is 17.0 Å². The first kappa shape index (κ1) is 31.3. The average molecular weight is 633 g/mol. The van der Waals surface area contributed by atoms with E-state index in [1.54, 1.807) is 36.1 Å². The summed E-state index contributed by atoms with van der Waals surface area (Å²) in [5.74, 6) is 0.443. The van der Waals surface area contributed by atoms with E-state index in [9.17, 15) is 19.7 Å². The van der Waals surface area contributed by atoms with Crippen molar-refractivity contribution in [3.05, 3.63) is 92.7 Å². The van der Waals surface area contributed by atoms with Crippen LogP contribution in [-0.4, -0.2) is 73.7 Å². The van der Waals surface area contributed by atoms with Crippen LogP contribution in [0.5, 0.6) is 5.75 Å². The lowest BCUT2D eigenvalue weighted by Gasteiger charge is -2.36. The first-order chi connectivity index (χ1) is 21.6. The second-order valence-corrected chi connectivity index (χ2v) is 11.1. The molecule has 12 nitrogen and oxygen atoms in total. The van der Waals surface area contributed by atoms with Crippen molar-refractivity contribution in [2.45, 2.75) is 13.8 Å². The Morgan fingerprint density at radius 3 is 2.33 bits per heavy atom. The Labute approximate surface area is 265 Å². The zero-order valence-electron chi connectivity index (χ0n) is 25.4. The van der Waals surface area contributed by atoms with Crippen LogP contribution < -0.4 is 19.9 Å². The first-order valence-electron chi connectivity index (χ1n) is 14.4. The number of aromatic nitrogens is 1. The largest absolute Gasteiger partial charge is 0.494 e. The summed E-state index contributed by atoms with van der Waals surface area (Å²) in [6.45, 7) is 5.70. The summed E-state index contributed by atoms with van der Waals surface area (Å²) in [5, 5.41) is 18.9. The number of aryl methyl sites for hydroxylation is 1. The number of nitrogens with one attached hydrogen (secondary N) is 1. The molecule has 1 aromatic heterocycles. The molecule has 5 rings (SSSR count). The smallest absolute Gasteiger partial charge is 0.294 e. The maximum atomic E-state index is 13.7. The molecule has 45 heavy (non-hydrogen) atoms. The van der Waals surface area contributed by atoms with Crippen molar-refractivity contribution in [1.29, 1.82) is 0 Å². The van der Waals surface area contributed by atoms with Crippen LogP contribution >= 0.6 is 11.6 Å². The van der Waals surface area contributed by atoms with Crippen LogP contribution in [0.2, 0.25) is 5.02 Å². The van der Waals surface area contributed by atoms with Crippen molar-refractivity contribution in [2.75, 3.05) is 62.0 Å². The lowest BCUT2D eigenvalue weighted by molar-refractivity contribution is -0.383. The van der Waals surface area contributed by atoms with Crippen molar-refractivity contribution in [3.63, 3.8) is 0 Å². The Kier molecular flexibility index (Phi) is 9.24. The minimum atomic E-state index is -0.583. The summed E-state index contributed by atoms with van der Waals surface area (Å²) in [7, 11) is 3.78. The van der Waals surface area contributed by atoms with Gasteiger partial charge in [0.05, 0.1) is 22.2 Å². The van der Waals surface area contributed by atoms with Gasteiger partial charge in [0.15, 0.2) is 0 Å². The van der Waals surface area contributed by atoms with Gasteiger partial charge in [-0.2, -0.15) is 0 Å². The molecular formula is C32H33ClN6O6. The van der Waals surface area contributed by atoms with Crippen LogP contribution in [0.3, 0.4) is 0 Å². The van der Waals surface area contributed by atoms with Gasteiger partial charge in [-0.25, -0.2) is 0 Å². The van der Waals surface area contributed by atoms with Crippen LogP contribution in [0.15, 0.2) is 65.2 Å². The summed E-state index contributed by atoms with van der Waals surface area (Å²) >= 11 is 6.53. The predicted molar refractivity (Wildman–Crippen MR) is 173 cm³/mol. The quantitative estimate of drug-likeness (QED) is 0.177. The molecule has 1 aliphatic heterocycles. The standard InChI is InChI=1S/C32H33ClN6O6/c1-5-44-24-12-8-21(9-13-24)30-29(20(2)45-35-30)32(41)38-16-14-37(15-17-38)27-19-26(28(39(42)43)18-25(27)33)34-31(40)22-6-10-23(11-7-22)36(3)4/h6-13,18-19H,5,14-17H2,1-4H3,(H,34,40). The number of hydrogen-bond acceptors (Lipinski definition) is 9. The van der Waals surface area contributed by atoms with E-state index in [2.05, 4.69) is 10.5 Å². The van der Waals surface area contributed by atoms with E-state index >= 15 is 0 Å². The first-order valence-corrected chi connectivity index (χ1v) is 14.8. The Hall–Kier alpha value is -5.10. The van der Waals surface area contributed by atoms with E-state index in [-0.39, 0.29) is 22.3 Å². The minimum absolute atomic E-state index is 0.0275. The highest BCUT2D eigenvalue weighted by atomic mass is 35.5. The molecule has 1 fully saturated rings. The summed E-state index contributed by atoms with van der Waals surface area (Å²) in [6, 6.07) is 17.0. The maximum Gasteiger partial charge on any atom is 0.294 e. The van der Waals surface area contributed by atoms with Gasteiger partial charge in [0.2, 0.25) is 0 Å². The molecule has 0 spiro atoms. The monoisotopic (exact) mass is 632 g/mol. The zero-order chi connectivity index (χ0) is 32.2. The van der Waals surface area contributed by atoms with E-state index in [1.165, 1.54) is 12.1 Å². The van der Waals surface area contributed by atoms with E-state index in [4.69, 9.17) is 20.9 Å². The minimum Gasteiger partial charge on any atom is -0.494 e. The Morgan fingerprint density at radius 2 is 1.73 bits per heavy atom. The van der Waals surface area contributed by atoms with E-state index in [0.29, 0.717) is 61.1 Å². The van der Waals surface area contributed by atoms with Gasteiger partial charge in [-0.05, 0) is 68.4 Å². The van der Waals surface area contributed by atoms with Gasteiger partial charge < -0.3 is 29.3 Å². The molecule has 1 N–H and O–H groups in total. The Morgan fingerprint density at radius 1 is 1.07 bits per heavy atom. The Bertz CT molecular complexity index is 1710. The number of carbonyl (C=O) groups excluding carboxylic acids is 2. The van der Waals surface area contributed by atoms with Gasteiger partial charge >= 0.3 is 0 Å². The molecule has 2 heterocycles. The predicted octanol–water partition coefficient (Wildman–Crippen LogP) is 5.89. The number of piperazine rings is 1. The molecule has 0 atom stereocenters. The third-order valence-corrected chi connectivity index (χ3v) is 7.88. The summed E-state index contributed by atoms with van der Waals surface area (Å²) in [5.41, 5.74) is 3.08. The third-order valence-electron chi connectivity index (χ3n) is 7.58. The SMILES string of the molecule is CCOc1ccc(-c2noc(C)c2C(=O)N2CCN(c3cc(NC(=O)c4ccc(N(C)C)cc4)c([N+](=O)[O-])cc3Cl)CC2)cc1. The number of carbonyl (C=O) groups is 2. The third kappa shape index (κ3) is 6.70. The molecule has 0 bridgehead atoms. The molecule has 3 aromatic carbocycles. The fraction of sp³-hybridized carbons (Fsp3) is 0.281. The fourth-order valence-electron chi connectivity index (χ4n) is 5.16. The van der Waals surface area contributed by atoms with E-state index in [0.717, 1.165) is 17.0 Å². The normalized spacial score (nSPS) is 13.0. The number of ether oxygens (including phenoxy) is 1. The molecule has 2 amide bonds. The summed E-state index contributed by atoms with van der Waals surface area (Å²) in [4.78, 5) is 43.5. The number of benzene rings is 3. The van der Waals surface area contributed by atoms with Crippen LogP contribution in [0, 0.1) is 17.0 Å². The highest BCUT2D eigenvalue weighted by Gasteiger charge is 2.30. The van der Waals surface area contributed by atoms with E-state index < -0.39 is 10.8 Å². The molecule has 0 saturated carbocycles. The number of nitro benzene ring substituents is 1. The fourth-order valence-corrected chi connectivity index (χ4v) is 5.43. The maximum absolute atomic E-state index is 13.7. The van der Waals surface area contributed by atoms with Gasteiger partial charge in [-0.1, -0.05) is 16.8 Å². The van der Waals surface area contributed by atoms with Crippen molar-refractivity contribution >= 4 is 46.2 Å². The molecule has 1 saturated heterocycles. The molecule has 0 radical (unpaired) electrons. The van der Waals surface area contributed by atoms with Crippen molar-refractivity contribution in [1.82, 2.24) is 10.1 Å². The zero-order valence-corrected chi connectivity index (χ0v) is 26.1.